The van der Waals surface area contributed by atoms with Crippen LogP contribution in [0.1, 0.15) is 0 Å². The number of hydrogen-bond acceptors (Lipinski definition) is 5. The van der Waals surface area contributed by atoms with E-state index < -0.39 is 15.2 Å². The topological polar surface area (TPSA) is 67.9 Å². The first-order valence-corrected chi connectivity index (χ1v) is 7.52. The fraction of sp³-hybridized carbons (Fsp3) is 0.875. The fourth-order valence-corrected chi connectivity index (χ4v) is 4.23. The molecule has 0 saturated carbocycles. The van der Waals surface area contributed by atoms with Gasteiger partial charge >= 0.3 is 0 Å². The molecule has 0 aromatic rings. The number of nitrogens with one attached hydrogen (secondary N) is 1. The van der Waals surface area contributed by atoms with Crippen LogP contribution in [0.2, 0.25) is 0 Å². The average Bonchev–Trinajstić information content (AvgIpc) is 2.92. The van der Waals surface area contributed by atoms with Crippen LogP contribution < -0.4 is 5.32 Å². The molecule has 0 radical (unpaired) electrons. The number of sulfone groups is 1. The predicted molar refractivity (Wildman–Crippen MR) is 63.5 cm³/mol. The summed E-state index contributed by atoms with van der Waals surface area (Å²) in [5.74, 6) is -0.00876. The van der Waals surface area contributed by atoms with Crippen LogP contribution >= 0.6 is 23.8 Å². The Bertz CT molecular complexity index is 381. The van der Waals surface area contributed by atoms with Gasteiger partial charge in [0.25, 0.3) is 5.17 Å². The lowest BCUT2D eigenvalue weighted by molar-refractivity contribution is 0.247. The molecular formula is C8H12ClNO4S2. The van der Waals surface area contributed by atoms with Gasteiger partial charge < -0.3 is 14.8 Å². The maximum atomic E-state index is 11.3. The molecule has 2 aliphatic rings. The van der Waals surface area contributed by atoms with Crippen molar-refractivity contribution in [1.29, 1.82) is 0 Å². The largest absolute Gasteiger partial charge is 0.468 e. The molecule has 0 unspecified atom stereocenters. The van der Waals surface area contributed by atoms with Crippen molar-refractivity contribution in [3.05, 3.63) is 0 Å². The van der Waals surface area contributed by atoms with Gasteiger partial charge in [0.1, 0.15) is 12.7 Å². The number of halogens is 1. The standard InChI is InChI=1S/C8H12ClNO4S2/c9-6-3-16(11,12)4-7(6)10-8(15)14-2-5-1-13-5/h5-7H,1-4H2,(H,10,15)/t5-,6+,7+/m0/s1. The second kappa shape index (κ2) is 4.64. The highest BCUT2D eigenvalue weighted by Crippen LogP contribution is 2.18. The molecule has 0 bridgehead atoms. The molecule has 16 heavy (non-hydrogen) atoms. The maximum absolute atomic E-state index is 11.3. The van der Waals surface area contributed by atoms with Crippen molar-refractivity contribution in [3.8, 4) is 0 Å². The van der Waals surface area contributed by atoms with Crippen LogP contribution in [0.25, 0.3) is 0 Å². The third-order valence-corrected chi connectivity index (χ3v) is 5.00. The normalized spacial score (nSPS) is 35.7. The van der Waals surface area contributed by atoms with Crippen molar-refractivity contribution in [3.63, 3.8) is 0 Å². The quantitative estimate of drug-likeness (QED) is 0.436. The van der Waals surface area contributed by atoms with Crippen molar-refractivity contribution < 1.29 is 17.9 Å². The minimum atomic E-state index is -3.04. The Kier molecular flexibility index (Phi) is 3.58. The minimum absolute atomic E-state index is 0.00456. The van der Waals surface area contributed by atoms with Crippen LogP contribution in [-0.2, 0) is 19.3 Å². The van der Waals surface area contributed by atoms with E-state index in [4.69, 9.17) is 33.3 Å². The highest BCUT2D eigenvalue weighted by molar-refractivity contribution is 7.91. The highest BCUT2D eigenvalue weighted by Gasteiger charge is 2.37. The Labute approximate surface area is 104 Å². The first kappa shape index (κ1) is 12.3. The van der Waals surface area contributed by atoms with Gasteiger partial charge in [-0.1, -0.05) is 0 Å². The first-order chi connectivity index (χ1) is 7.46. The highest BCUT2D eigenvalue weighted by atomic mass is 35.5. The molecule has 2 fully saturated rings. The monoisotopic (exact) mass is 285 g/mol. The van der Waals surface area contributed by atoms with Gasteiger partial charge in [0, 0.05) is 0 Å². The van der Waals surface area contributed by atoms with Crippen LogP contribution in [-0.4, -0.2) is 55.8 Å². The molecule has 2 heterocycles. The van der Waals surface area contributed by atoms with Crippen molar-refractivity contribution in [2.45, 2.75) is 17.5 Å². The fourth-order valence-electron chi connectivity index (χ4n) is 1.46. The molecular weight excluding hydrogens is 274 g/mol. The molecule has 0 aromatic heterocycles. The lowest BCUT2D eigenvalue weighted by Crippen LogP contribution is -2.41. The van der Waals surface area contributed by atoms with Gasteiger partial charge in [0.15, 0.2) is 9.84 Å². The van der Waals surface area contributed by atoms with Gasteiger partial charge in [-0.05, 0) is 12.2 Å². The predicted octanol–water partition coefficient (Wildman–Crippen LogP) is -0.319. The van der Waals surface area contributed by atoms with Crippen LogP contribution in [0.5, 0.6) is 0 Å². The zero-order valence-electron chi connectivity index (χ0n) is 8.39. The number of hydrogen-bond donors (Lipinski definition) is 1. The molecule has 0 aromatic carbocycles. The van der Waals surface area contributed by atoms with Crippen LogP contribution in [0.4, 0.5) is 0 Å². The van der Waals surface area contributed by atoms with Gasteiger partial charge in [0.05, 0.1) is 29.5 Å². The Balaban J connectivity index is 1.77. The van der Waals surface area contributed by atoms with Gasteiger partial charge in [-0.3, -0.25) is 0 Å². The lowest BCUT2D eigenvalue weighted by atomic mass is 10.3. The Morgan fingerprint density at radius 2 is 2.25 bits per heavy atom. The molecule has 0 aliphatic carbocycles. The number of thiocarbonyl (C=S) groups is 1. The summed E-state index contributed by atoms with van der Waals surface area (Å²) in [5.41, 5.74) is 0. The molecule has 0 spiro atoms. The van der Waals surface area contributed by atoms with Gasteiger partial charge in [-0.15, -0.1) is 11.6 Å². The second-order valence-electron chi connectivity index (χ2n) is 3.90. The Hall–Kier alpha value is -0.110. The summed E-state index contributed by atoms with van der Waals surface area (Å²) >= 11 is 10.8. The number of epoxide rings is 1. The molecule has 8 heteroatoms. The van der Waals surface area contributed by atoms with E-state index in [0.717, 1.165) is 0 Å². The van der Waals surface area contributed by atoms with E-state index in [-0.39, 0.29) is 28.8 Å². The minimum Gasteiger partial charge on any atom is -0.468 e. The van der Waals surface area contributed by atoms with Crippen molar-refractivity contribution in [2.75, 3.05) is 24.7 Å². The van der Waals surface area contributed by atoms with Crippen LogP contribution in [0.3, 0.4) is 0 Å². The number of alkyl halides is 1. The van der Waals surface area contributed by atoms with E-state index in [1.807, 2.05) is 0 Å². The van der Waals surface area contributed by atoms with Gasteiger partial charge in [0.2, 0.25) is 0 Å². The van der Waals surface area contributed by atoms with E-state index >= 15 is 0 Å². The third kappa shape index (κ3) is 3.44. The van der Waals surface area contributed by atoms with Gasteiger partial charge in [-0.2, -0.15) is 0 Å². The van der Waals surface area contributed by atoms with E-state index in [0.29, 0.717) is 13.2 Å². The molecule has 2 saturated heterocycles. The average molecular weight is 286 g/mol. The van der Waals surface area contributed by atoms with E-state index in [9.17, 15) is 8.42 Å². The van der Waals surface area contributed by atoms with Crippen LogP contribution in [0, 0.1) is 0 Å². The Morgan fingerprint density at radius 1 is 1.56 bits per heavy atom. The molecule has 5 nitrogen and oxygen atoms in total. The number of rotatable bonds is 3. The zero-order valence-corrected chi connectivity index (χ0v) is 10.8. The number of ether oxygens (including phenoxy) is 2. The molecule has 2 aliphatic heterocycles. The Morgan fingerprint density at radius 3 is 2.75 bits per heavy atom. The summed E-state index contributed by atoms with van der Waals surface area (Å²) in [6.07, 6.45) is 0.124. The zero-order chi connectivity index (χ0) is 11.8. The second-order valence-corrected chi connectivity index (χ2v) is 6.98. The molecule has 2 rings (SSSR count). The van der Waals surface area contributed by atoms with E-state index in [2.05, 4.69) is 5.32 Å². The molecule has 92 valence electrons. The van der Waals surface area contributed by atoms with Crippen LogP contribution in [0.15, 0.2) is 0 Å². The molecule has 1 N–H and O–H groups in total. The SMILES string of the molecule is O=S1(=O)C[C@@H](Cl)[C@H](NC(=S)OC[C@@H]2CO2)C1. The summed E-state index contributed by atoms with van der Waals surface area (Å²) in [5, 5.41) is 2.54. The van der Waals surface area contributed by atoms with Crippen molar-refractivity contribution in [2.24, 2.45) is 0 Å². The summed E-state index contributed by atoms with van der Waals surface area (Å²) < 4.78 is 32.7. The summed E-state index contributed by atoms with van der Waals surface area (Å²) in [6, 6.07) is -0.362. The smallest absolute Gasteiger partial charge is 0.257 e. The summed E-state index contributed by atoms with van der Waals surface area (Å²) in [4.78, 5) is 0. The van der Waals surface area contributed by atoms with E-state index in [1.165, 1.54) is 0 Å². The molecule has 0 amide bonds. The maximum Gasteiger partial charge on any atom is 0.257 e. The van der Waals surface area contributed by atoms with E-state index in [1.54, 1.807) is 0 Å². The third-order valence-electron chi connectivity index (χ3n) is 2.39. The summed E-state index contributed by atoms with van der Waals surface area (Å²) in [6.45, 7) is 1.09. The summed E-state index contributed by atoms with van der Waals surface area (Å²) in [7, 11) is -3.04. The first-order valence-electron chi connectivity index (χ1n) is 4.86. The van der Waals surface area contributed by atoms with Gasteiger partial charge in [-0.25, -0.2) is 8.42 Å². The van der Waals surface area contributed by atoms with Crippen molar-refractivity contribution in [1.82, 2.24) is 5.32 Å². The lowest BCUT2D eigenvalue weighted by Gasteiger charge is -2.16. The van der Waals surface area contributed by atoms with Crippen molar-refractivity contribution >= 4 is 38.8 Å². The molecule has 3 atom stereocenters.